The van der Waals surface area contributed by atoms with Gasteiger partial charge in [0.05, 0.1) is 17.2 Å². The third kappa shape index (κ3) is 3.33. The molecule has 0 bridgehead atoms. The van der Waals surface area contributed by atoms with Gasteiger partial charge in [0.2, 0.25) is 16.0 Å². The van der Waals surface area contributed by atoms with Crippen molar-refractivity contribution in [3.8, 4) is 0 Å². The highest BCUT2D eigenvalue weighted by Gasteiger charge is 2.44. The Labute approximate surface area is 163 Å². The van der Waals surface area contributed by atoms with Crippen LogP contribution in [0, 0.1) is 0 Å². The normalized spacial score (nSPS) is 19.7. The predicted molar refractivity (Wildman–Crippen MR) is 104 cm³/mol. The van der Waals surface area contributed by atoms with E-state index >= 15 is 0 Å². The van der Waals surface area contributed by atoms with Crippen LogP contribution in [0.25, 0.3) is 0 Å². The Morgan fingerprint density at radius 2 is 1.93 bits per heavy atom. The molecular weight excluding hydrogens is 384 g/mol. The zero-order valence-corrected chi connectivity index (χ0v) is 16.7. The Kier molecular flexibility index (Phi) is 4.87. The number of aromatic nitrogens is 2. The van der Waals surface area contributed by atoms with Crippen LogP contribution in [-0.4, -0.2) is 48.6 Å². The molecule has 27 heavy (non-hydrogen) atoms. The lowest BCUT2D eigenvalue weighted by Gasteiger charge is -2.43. The number of nitrogens with two attached hydrogens (primary N) is 1. The summed E-state index contributed by atoms with van der Waals surface area (Å²) in [6.45, 7) is 1.36. The third-order valence-electron chi connectivity index (χ3n) is 5.29. The lowest BCUT2D eigenvalue weighted by atomic mass is 9.84. The summed E-state index contributed by atoms with van der Waals surface area (Å²) >= 11 is 1.59. The number of piperidine rings is 1. The van der Waals surface area contributed by atoms with E-state index in [1.807, 2.05) is 18.4 Å². The lowest BCUT2D eigenvalue weighted by molar-refractivity contribution is -0.0924. The number of hydrogen-bond donors (Lipinski definition) is 1. The van der Waals surface area contributed by atoms with Gasteiger partial charge in [-0.3, -0.25) is 0 Å². The average Bonchev–Trinajstić information content (AvgIpc) is 2.69. The van der Waals surface area contributed by atoms with Crippen molar-refractivity contribution >= 4 is 27.7 Å². The maximum atomic E-state index is 13.0. The molecule has 9 heteroatoms. The van der Waals surface area contributed by atoms with E-state index in [0.717, 1.165) is 22.6 Å². The quantitative estimate of drug-likeness (QED) is 0.779. The zero-order valence-electron chi connectivity index (χ0n) is 15.1. The van der Waals surface area contributed by atoms with Crippen LogP contribution in [0.2, 0.25) is 0 Å². The van der Waals surface area contributed by atoms with Crippen LogP contribution >= 0.6 is 11.8 Å². The minimum atomic E-state index is -3.52. The molecule has 4 rings (SSSR count). The molecule has 0 radical (unpaired) electrons. The van der Waals surface area contributed by atoms with E-state index in [1.165, 1.54) is 4.31 Å². The molecule has 2 aliphatic rings. The Hall–Kier alpha value is -1.68. The van der Waals surface area contributed by atoms with Crippen molar-refractivity contribution < 1.29 is 13.2 Å². The van der Waals surface area contributed by atoms with Gasteiger partial charge in [-0.05, 0) is 55.3 Å². The number of benzene rings is 1. The van der Waals surface area contributed by atoms with Crippen molar-refractivity contribution in [3.63, 3.8) is 0 Å². The number of nitrogen functional groups attached to an aromatic ring is 1. The van der Waals surface area contributed by atoms with E-state index in [9.17, 15) is 8.42 Å². The maximum Gasteiger partial charge on any atom is 0.243 e. The second-order valence-electron chi connectivity index (χ2n) is 6.77. The first-order chi connectivity index (χ1) is 12.9. The summed E-state index contributed by atoms with van der Waals surface area (Å²) in [4.78, 5) is 9.87. The van der Waals surface area contributed by atoms with Crippen LogP contribution in [0.1, 0.15) is 24.1 Å². The van der Waals surface area contributed by atoms with Gasteiger partial charge in [-0.15, -0.1) is 11.8 Å². The molecule has 0 amide bonds. The molecule has 1 aromatic carbocycles. The first kappa shape index (κ1) is 18.7. The SMILES string of the molecule is CSc1ccc(S(=O)(=O)N2CCC3(CC2)OCCc2cnc(N)nc23)cc1. The summed E-state index contributed by atoms with van der Waals surface area (Å²) in [5, 5.41) is 0. The fourth-order valence-electron chi connectivity index (χ4n) is 3.79. The van der Waals surface area contributed by atoms with Gasteiger partial charge in [-0.2, -0.15) is 4.31 Å². The number of nitrogens with zero attached hydrogens (tertiary/aromatic N) is 3. The summed E-state index contributed by atoms with van der Waals surface area (Å²) in [6.07, 6.45) is 5.59. The Morgan fingerprint density at radius 3 is 2.59 bits per heavy atom. The second-order valence-corrected chi connectivity index (χ2v) is 9.59. The summed E-state index contributed by atoms with van der Waals surface area (Å²) in [5.74, 6) is 0.225. The molecule has 3 heterocycles. The molecule has 144 valence electrons. The smallest absolute Gasteiger partial charge is 0.243 e. The average molecular weight is 407 g/mol. The van der Waals surface area contributed by atoms with Crippen LogP contribution in [0.4, 0.5) is 5.95 Å². The first-order valence-corrected chi connectivity index (χ1v) is 11.5. The van der Waals surface area contributed by atoms with Crippen molar-refractivity contribution in [2.24, 2.45) is 0 Å². The fraction of sp³-hybridized carbons (Fsp3) is 0.444. The van der Waals surface area contributed by atoms with E-state index in [1.54, 1.807) is 30.1 Å². The number of fused-ring (bicyclic) bond motifs is 2. The van der Waals surface area contributed by atoms with Crippen molar-refractivity contribution in [2.75, 3.05) is 31.7 Å². The first-order valence-electron chi connectivity index (χ1n) is 8.85. The van der Waals surface area contributed by atoms with Gasteiger partial charge in [0.25, 0.3) is 0 Å². The van der Waals surface area contributed by atoms with E-state index in [0.29, 0.717) is 37.4 Å². The summed E-state index contributed by atoms with van der Waals surface area (Å²) in [6, 6.07) is 7.02. The maximum absolute atomic E-state index is 13.0. The standard InChI is InChI=1S/C18H22N4O3S2/c1-26-14-2-4-15(5-3-14)27(23,24)22-9-7-18(8-10-22)16-13(6-11-25-18)12-20-17(19)21-16/h2-5,12H,6-11H2,1H3,(H2,19,20,21). The van der Waals surface area contributed by atoms with Crippen LogP contribution in [0.3, 0.4) is 0 Å². The number of anilines is 1. The van der Waals surface area contributed by atoms with Gasteiger partial charge >= 0.3 is 0 Å². The molecule has 0 atom stereocenters. The Morgan fingerprint density at radius 1 is 1.22 bits per heavy atom. The number of thioether (sulfide) groups is 1. The summed E-state index contributed by atoms with van der Waals surface area (Å²) < 4.78 is 33.6. The second kappa shape index (κ2) is 7.05. The molecule has 2 N–H and O–H groups in total. The van der Waals surface area contributed by atoms with Crippen molar-refractivity contribution in [1.29, 1.82) is 0 Å². The van der Waals surface area contributed by atoms with Gasteiger partial charge in [0.1, 0.15) is 5.60 Å². The van der Waals surface area contributed by atoms with E-state index in [-0.39, 0.29) is 5.95 Å². The van der Waals surface area contributed by atoms with Crippen molar-refractivity contribution in [2.45, 2.75) is 34.7 Å². The van der Waals surface area contributed by atoms with Crippen molar-refractivity contribution in [3.05, 3.63) is 41.7 Å². The van der Waals surface area contributed by atoms with Crippen molar-refractivity contribution in [1.82, 2.24) is 14.3 Å². The van der Waals surface area contributed by atoms with Crippen LogP contribution in [0.15, 0.2) is 40.3 Å². The molecule has 0 saturated carbocycles. The highest BCUT2D eigenvalue weighted by molar-refractivity contribution is 7.98. The number of ether oxygens (including phenoxy) is 1. The van der Waals surface area contributed by atoms with Gasteiger partial charge in [-0.25, -0.2) is 18.4 Å². The molecule has 1 aromatic heterocycles. The lowest BCUT2D eigenvalue weighted by Crippen LogP contribution is -2.48. The Balaban J connectivity index is 1.56. The monoisotopic (exact) mass is 406 g/mol. The fourth-order valence-corrected chi connectivity index (χ4v) is 5.64. The number of rotatable bonds is 3. The van der Waals surface area contributed by atoms with Crippen LogP contribution in [0.5, 0.6) is 0 Å². The molecule has 1 fully saturated rings. The zero-order chi connectivity index (χ0) is 19.1. The van der Waals surface area contributed by atoms with Crippen LogP contribution in [-0.2, 0) is 26.8 Å². The van der Waals surface area contributed by atoms with E-state index in [4.69, 9.17) is 10.5 Å². The van der Waals surface area contributed by atoms with Gasteiger partial charge in [0, 0.05) is 24.2 Å². The van der Waals surface area contributed by atoms with Crippen LogP contribution < -0.4 is 5.73 Å². The molecule has 7 nitrogen and oxygen atoms in total. The highest BCUT2D eigenvalue weighted by Crippen LogP contribution is 2.41. The third-order valence-corrected chi connectivity index (χ3v) is 7.95. The topological polar surface area (TPSA) is 98.4 Å². The van der Waals surface area contributed by atoms with Gasteiger partial charge in [0.15, 0.2) is 0 Å². The number of hydrogen-bond acceptors (Lipinski definition) is 7. The Bertz CT molecular complexity index is 940. The van der Waals surface area contributed by atoms with Gasteiger partial charge in [-0.1, -0.05) is 0 Å². The predicted octanol–water partition coefficient (Wildman–Crippen LogP) is 2.03. The summed E-state index contributed by atoms with van der Waals surface area (Å²) in [5.41, 5.74) is 7.08. The largest absolute Gasteiger partial charge is 0.368 e. The minimum absolute atomic E-state index is 0.225. The molecule has 1 saturated heterocycles. The molecule has 2 aromatic rings. The molecular formula is C18H22N4O3S2. The van der Waals surface area contributed by atoms with E-state index < -0.39 is 15.6 Å². The van der Waals surface area contributed by atoms with Gasteiger partial charge < -0.3 is 10.5 Å². The number of sulfonamides is 1. The van der Waals surface area contributed by atoms with E-state index in [2.05, 4.69) is 9.97 Å². The summed E-state index contributed by atoms with van der Waals surface area (Å²) in [7, 11) is -3.52. The molecule has 2 aliphatic heterocycles. The molecule has 1 spiro atoms. The highest BCUT2D eigenvalue weighted by atomic mass is 32.2. The molecule has 0 unspecified atom stereocenters. The minimum Gasteiger partial charge on any atom is -0.368 e. The molecule has 0 aliphatic carbocycles.